The topological polar surface area (TPSA) is 71.4 Å². The molecule has 4 nitrogen and oxygen atoms in total. The highest BCUT2D eigenvalue weighted by Gasteiger charge is 2.50. The molecule has 0 radical (unpaired) electrons. The van der Waals surface area contributed by atoms with E-state index in [1.54, 1.807) is 27.7 Å². The highest BCUT2D eigenvalue weighted by Crippen LogP contribution is 2.66. The molecule has 0 fully saturated rings. The Kier molecular flexibility index (Phi) is 4.89. The molecular formula is C12H23O4P. The summed E-state index contributed by atoms with van der Waals surface area (Å²) >= 11 is 0. The third-order valence-corrected chi connectivity index (χ3v) is 6.60. The first-order chi connectivity index (χ1) is 7.33. The Morgan fingerprint density at radius 1 is 0.941 bits per heavy atom. The van der Waals surface area contributed by atoms with E-state index in [-0.39, 0.29) is 24.4 Å². The molecule has 0 spiro atoms. The van der Waals surface area contributed by atoms with Crippen LogP contribution in [0, 0.1) is 0 Å². The van der Waals surface area contributed by atoms with E-state index in [9.17, 15) is 19.0 Å². The van der Waals surface area contributed by atoms with Gasteiger partial charge in [-0.25, -0.2) is 0 Å². The van der Waals surface area contributed by atoms with Crippen LogP contribution in [-0.2, 0) is 14.2 Å². The van der Waals surface area contributed by atoms with Gasteiger partial charge in [-0.3, -0.25) is 14.2 Å². The Hall–Kier alpha value is -0.470. The molecule has 0 heterocycles. The lowest BCUT2D eigenvalue weighted by molar-refractivity contribution is -0.118. The average Bonchev–Trinajstić information content (AvgIpc) is 1.97. The second-order valence-electron chi connectivity index (χ2n) is 5.96. The first-order valence-electron chi connectivity index (χ1n) is 5.65. The van der Waals surface area contributed by atoms with Crippen molar-refractivity contribution in [2.24, 2.45) is 0 Å². The van der Waals surface area contributed by atoms with Crippen LogP contribution in [0.25, 0.3) is 0 Å². The van der Waals surface area contributed by atoms with Crippen LogP contribution in [0.1, 0.15) is 54.4 Å². The van der Waals surface area contributed by atoms with Gasteiger partial charge in [0.2, 0.25) is 7.37 Å². The van der Waals surface area contributed by atoms with Gasteiger partial charge in [-0.2, -0.15) is 0 Å². The minimum atomic E-state index is -3.65. The number of ketones is 2. The van der Waals surface area contributed by atoms with Gasteiger partial charge in [-0.1, -0.05) is 27.7 Å². The number of hydrogen-bond acceptors (Lipinski definition) is 3. The summed E-state index contributed by atoms with van der Waals surface area (Å²) in [6.45, 7) is 9.24. The molecule has 0 aromatic rings. The second-order valence-corrected chi connectivity index (χ2v) is 9.53. The Morgan fingerprint density at radius 3 is 1.35 bits per heavy atom. The standard InChI is InChI=1S/C12H23O4P/c1-9(13)7-11(3,4)17(15,16)12(5,6)8-10(2)14/h7-8H2,1-6H3,(H,15,16). The van der Waals surface area contributed by atoms with E-state index in [1.165, 1.54) is 13.8 Å². The van der Waals surface area contributed by atoms with Gasteiger partial charge in [-0.05, 0) is 13.8 Å². The largest absolute Gasteiger partial charge is 0.344 e. The predicted molar refractivity (Wildman–Crippen MR) is 68.6 cm³/mol. The molecule has 0 unspecified atom stereocenters. The molecule has 0 amide bonds. The molecule has 5 heteroatoms. The molecule has 1 N–H and O–H groups in total. The SMILES string of the molecule is CC(=O)CC(C)(C)P(=O)(O)C(C)(C)CC(C)=O. The fourth-order valence-electron chi connectivity index (χ4n) is 2.25. The highest BCUT2D eigenvalue weighted by molar-refractivity contribution is 7.61. The van der Waals surface area contributed by atoms with E-state index >= 15 is 0 Å². The van der Waals surface area contributed by atoms with E-state index < -0.39 is 17.7 Å². The molecular weight excluding hydrogens is 239 g/mol. The van der Waals surface area contributed by atoms with Crippen molar-refractivity contribution in [2.75, 3.05) is 0 Å². The Balaban J connectivity index is 5.30. The maximum absolute atomic E-state index is 12.6. The van der Waals surface area contributed by atoms with E-state index in [1.807, 2.05) is 0 Å². The lowest BCUT2D eigenvalue weighted by Gasteiger charge is -2.40. The maximum Gasteiger partial charge on any atom is 0.212 e. The minimum absolute atomic E-state index is 0.0438. The van der Waals surface area contributed by atoms with Crippen molar-refractivity contribution in [3.05, 3.63) is 0 Å². The van der Waals surface area contributed by atoms with Crippen LogP contribution in [-0.4, -0.2) is 26.8 Å². The van der Waals surface area contributed by atoms with Crippen molar-refractivity contribution in [3.63, 3.8) is 0 Å². The summed E-state index contributed by atoms with van der Waals surface area (Å²) in [5.74, 6) is -0.245. The van der Waals surface area contributed by atoms with Gasteiger partial charge in [0.05, 0.1) is 0 Å². The van der Waals surface area contributed by atoms with Gasteiger partial charge < -0.3 is 4.89 Å². The molecule has 0 aliphatic rings. The van der Waals surface area contributed by atoms with Gasteiger partial charge in [0.1, 0.15) is 11.6 Å². The zero-order valence-corrected chi connectivity index (χ0v) is 12.4. The zero-order valence-electron chi connectivity index (χ0n) is 11.5. The van der Waals surface area contributed by atoms with Gasteiger partial charge in [-0.15, -0.1) is 0 Å². The fraction of sp³-hybridized carbons (Fsp3) is 0.833. The third-order valence-electron chi connectivity index (χ3n) is 3.00. The summed E-state index contributed by atoms with van der Waals surface area (Å²) in [5, 5.41) is -2.00. The third kappa shape index (κ3) is 3.75. The Bertz CT molecular complexity index is 337. The highest BCUT2D eigenvalue weighted by atomic mass is 31.2. The molecule has 0 aliphatic heterocycles. The van der Waals surface area contributed by atoms with E-state index in [4.69, 9.17) is 0 Å². The second kappa shape index (κ2) is 5.03. The van der Waals surface area contributed by atoms with E-state index in [0.717, 1.165) is 0 Å². The van der Waals surface area contributed by atoms with Crippen molar-refractivity contribution >= 4 is 18.9 Å². The molecule has 17 heavy (non-hydrogen) atoms. The minimum Gasteiger partial charge on any atom is -0.344 e. The monoisotopic (exact) mass is 262 g/mol. The van der Waals surface area contributed by atoms with Crippen LogP contribution in [0.2, 0.25) is 0 Å². The summed E-state index contributed by atoms with van der Waals surface area (Å²) in [6.07, 6.45) is 0.0875. The summed E-state index contributed by atoms with van der Waals surface area (Å²) in [7, 11) is -3.65. The average molecular weight is 262 g/mol. The van der Waals surface area contributed by atoms with Gasteiger partial charge in [0.15, 0.2) is 0 Å². The van der Waals surface area contributed by atoms with Crippen molar-refractivity contribution < 1.29 is 19.0 Å². The van der Waals surface area contributed by atoms with Gasteiger partial charge >= 0.3 is 0 Å². The van der Waals surface area contributed by atoms with Crippen LogP contribution < -0.4 is 0 Å². The summed E-state index contributed by atoms with van der Waals surface area (Å²) in [4.78, 5) is 32.6. The predicted octanol–water partition coefficient (Wildman–Crippen LogP) is 2.77. The lowest BCUT2D eigenvalue weighted by Crippen LogP contribution is -2.35. The number of carbonyl (C=O) groups excluding carboxylic acids is 2. The summed E-state index contributed by atoms with van der Waals surface area (Å²) < 4.78 is 12.6. The van der Waals surface area contributed by atoms with Crippen LogP contribution in [0.15, 0.2) is 0 Å². The number of Topliss-reactive ketones (excluding diaryl/α,β-unsaturated/α-hetero) is 2. The summed E-state index contributed by atoms with van der Waals surface area (Å²) in [6, 6.07) is 0. The van der Waals surface area contributed by atoms with E-state index in [0.29, 0.717) is 0 Å². The lowest BCUT2D eigenvalue weighted by atomic mass is 10.1. The van der Waals surface area contributed by atoms with Crippen molar-refractivity contribution in [1.82, 2.24) is 0 Å². The first-order valence-corrected chi connectivity index (χ1v) is 7.31. The number of carbonyl (C=O) groups is 2. The zero-order chi connectivity index (χ0) is 14.1. The maximum atomic E-state index is 12.6. The molecule has 0 bridgehead atoms. The van der Waals surface area contributed by atoms with Gasteiger partial charge in [0.25, 0.3) is 0 Å². The summed E-state index contributed by atoms with van der Waals surface area (Å²) in [5.41, 5.74) is 0. The molecule has 0 aromatic heterocycles. The Morgan fingerprint density at radius 2 is 1.18 bits per heavy atom. The van der Waals surface area contributed by atoms with Crippen molar-refractivity contribution in [1.29, 1.82) is 0 Å². The molecule has 0 saturated heterocycles. The number of hydrogen-bond donors (Lipinski definition) is 1. The van der Waals surface area contributed by atoms with Gasteiger partial charge in [0, 0.05) is 23.2 Å². The quantitative estimate of drug-likeness (QED) is 0.747. The van der Waals surface area contributed by atoms with E-state index in [2.05, 4.69) is 0 Å². The molecule has 0 aliphatic carbocycles. The number of rotatable bonds is 6. The Labute approximate surface area is 103 Å². The molecule has 100 valence electrons. The van der Waals surface area contributed by atoms with Crippen molar-refractivity contribution in [3.8, 4) is 0 Å². The van der Waals surface area contributed by atoms with Crippen LogP contribution in [0.3, 0.4) is 0 Å². The van der Waals surface area contributed by atoms with Crippen molar-refractivity contribution in [2.45, 2.75) is 64.7 Å². The smallest absolute Gasteiger partial charge is 0.212 e. The molecule has 0 rings (SSSR count). The van der Waals surface area contributed by atoms with Crippen LogP contribution in [0.5, 0.6) is 0 Å². The van der Waals surface area contributed by atoms with Crippen LogP contribution >= 0.6 is 7.37 Å². The first kappa shape index (κ1) is 16.5. The molecule has 0 atom stereocenters. The fourth-order valence-corrected chi connectivity index (χ4v) is 4.76. The molecule has 0 aromatic carbocycles. The van der Waals surface area contributed by atoms with Crippen LogP contribution in [0.4, 0.5) is 0 Å². The molecule has 0 saturated carbocycles. The normalized spacial score (nSPS) is 13.6.